The summed E-state index contributed by atoms with van der Waals surface area (Å²) in [5.74, 6) is 0.455. The summed E-state index contributed by atoms with van der Waals surface area (Å²) in [6.07, 6.45) is 2.27. The standard InChI is InChI=1S/C29H33N3O4S/c1-2-3-18-30-29(34)27(19-23-10-6-4-7-11-23)31(20-24-12-8-5-9-13-24)28(33)22-37-21-25-14-16-26(17-15-25)32(35)36/h4-17,27H,2-3,18-22H2,1H3,(H,30,34)/t27-/m1/s1. The summed E-state index contributed by atoms with van der Waals surface area (Å²) >= 11 is 1.43. The summed E-state index contributed by atoms with van der Waals surface area (Å²) in [5, 5.41) is 13.9. The molecule has 0 aliphatic carbocycles. The van der Waals surface area contributed by atoms with Gasteiger partial charge in [-0.1, -0.05) is 86.1 Å². The van der Waals surface area contributed by atoms with E-state index in [0.29, 0.717) is 25.3 Å². The van der Waals surface area contributed by atoms with Crippen LogP contribution in [0.5, 0.6) is 0 Å². The molecule has 1 N–H and O–H groups in total. The first kappa shape index (κ1) is 27.9. The minimum absolute atomic E-state index is 0.0386. The molecular weight excluding hydrogens is 486 g/mol. The summed E-state index contributed by atoms with van der Waals surface area (Å²) < 4.78 is 0. The molecule has 3 aromatic carbocycles. The van der Waals surface area contributed by atoms with Crippen LogP contribution in [0.3, 0.4) is 0 Å². The van der Waals surface area contributed by atoms with Gasteiger partial charge in [0.05, 0.1) is 10.7 Å². The molecule has 0 saturated heterocycles. The van der Waals surface area contributed by atoms with Gasteiger partial charge in [-0.25, -0.2) is 0 Å². The third-order valence-corrected chi connectivity index (χ3v) is 6.93. The van der Waals surface area contributed by atoms with Gasteiger partial charge in [0.15, 0.2) is 0 Å². The molecular formula is C29H33N3O4S. The van der Waals surface area contributed by atoms with Crippen molar-refractivity contribution < 1.29 is 14.5 Å². The van der Waals surface area contributed by atoms with Crippen molar-refractivity contribution >= 4 is 29.3 Å². The van der Waals surface area contributed by atoms with E-state index >= 15 is 0 Å². The topological polar surface area (TPSA) is 92.6 Å². The second-order valence-corrected chi connectivity index (χ2v) is 9.76. The van der Waals surface area contributed by atoms with Gasteiger partial charge in [0.25, 0.3) is 5.69 Å². The minimum atomic E-state index is -0.646. The van der Waals surface area contributed by atoms with E-state index in [2.05, 4.69) is 12.2 Å². The van der Waals surface area contributed by atoms with Crippen molar-refractivity contribution in [3.63, 3.8) is 0 Å². The number of nitro groups is 1. The number of unbranched alkanes of at least 4 members (excludes halogenated alkanes) is 1. The fourth-order valence-corrected chi connectivity index (χ4v) is 4.76. The number of carbonyl (C=O) groups is 2. The lowest BCUT2D eigenvalue weighted by Crippen LogP contribution is -2.51. The predicted octanol–water partition coefficient (Wildman–Crippen LogP) is 5.38. The molecule has 3 rings (SSSR count). The Balaban J connectivity index is 1.78. The van der Waals surface area contributed by atoms with Gasteiger partial charge in [-0.05, 0) is 23.1 Å². The molecule has 8 heteroatoms. The molecule has 37 heavy (non-hydrogen) atoms. The summed E-state index contributed by atoms with van der Waals surface area (Å²) in [4.78, 5) is 39.1. The van der Waals surface area contributed by atoms with E-state index in [9.17, 15) is 19.7 Å². The van der Waals surface area contributed by atoms with Crippen molar-refractivity contribution in [2.75, 3.05) is 12.3 Å². The number of rotatable bonds is 14. The first-order valence-corrected chi connectivity index (χ1v) is 13.6. The quantitative estimate of drug-likeness (QED) is 0.175. The Kier molecular flexibility index (Phi) is 11.2. The number of nitro benzene ring substituents is 1. The van der Waals surface area contributed by atoms with Crippen molar-refractivity contribution in [2.24, 2.45) is 0 Å². The molecule has 3 aromatic rings. The highest BCUT2D eigenvalue weighted by Crippen LogP contribution is 2.20. The van der Waals surface area contributed by atoms with Gasteiger partial charge in [-0.15, -0.1) is 11.8 Å². The van der Waals surface area contributed by atoms with Crippen molar-refractivity contribution in [3.8, 4) is 0 Å². The Morgan fingerprint density at radius 1 is 0.919 bits per heavy atom. The molecule has 0 fully saturated rings. The van der Waals surface area contributed by atoms with Gasteiger partial charge in [0.1, 0.15) is 6.04 Å². The smallest absolute Gasteiger partial charge is 0.269 e. The van der Waals surface area contributed by atoms with Crippen LogP contribution >= 0.6 is 11.8 Å². The van der Waals surface area contributed by atoms with Crippen LogP contribution in [0.2, 0.25) is 0 Å². The van der Waals surface area contributed by atoms with E-state index in [1.165, 1.54) is 23.9 Å². The second kappa shape index (κ2) is 14.8. The molecule has 0 spiro atoms. The molecule has 0 radical (unpaired) electrons. The monoisotopic (exact) mass is 519 g/mol. The molecule has 194 valence electrons. The Bertz CT molecular complexity index is 1140. The van der Waals surface area contributed by atoms with E-state index in [1.54, 1.807) is 17.0 Å². The summed E-state index contributed by atoms with van der Waals surface area (Å²) in [6.45, 7) is 2.97. The lowest BCUT2D eigenvalue weighted by Gasteiger charge is -2.31. The predicted molar refractivity (Wildman–Crippen MR) is 148 cm³/mol. The van der Waals surface area contributed by atoms with Crippen LogP contribution in [0.15, 0.2) is 84.9 Å². The molecule has 0 unspecified atom stereocenters. The number of nitrogens with zero attached hydrogens (tertiary/aromatic N) is 2. The van der Waals surface area contributed by atoms with E-state index in [4.69, 9.17) is 0 Å². The average molecular weight is 520 g/mol. The van der Waals surface area contributed by atoms with E-state index in [0.717, 1.165) is 29.5 Å². The maximum Gasteiger partial charge on any atom is 0.269 e. The summed E-state index contributed by atoms with van der Waals surface area (Å²) in [7, 11) is 0. The maximum atomic E-state index is 13.6. The van der Waals surface area contributed by atoms with Crippen molar-refractivity contribution in [1.82, 2.24) is 10.2 Å². The van der Waals surface area contributed by atoms with E-state index in [1.807, 2.05) is 60.7 Å². The van der Waals surface area contributed by atoms with Crippen LogP contribution < -0.4 is 5.32 Å². The number of hydrogen-bond donors (Lipinski definition) is 1. The fourth-order valence-electron chi connectivity index (χ4n) is 3.89. The fraction of sp³-hybridized carbons (Fsp3) is 0.310. The minimum Gasteiger partial charge on any atom is -0.354 e. The van der Waals surface area contributed by atoms with Gasteiger partial charge in [0, 0.05) is 37.4 Å². The Morgan fingerprint density at radius 2 is 1.54 bits per heavy atom. The molecule has 0 aromatic heterocycles. The van der Waals surface area contributed by atoms with Crippen molar-refractivity contribution in [3.05, 3.63) is 112 Å². The Labute approximate surface area is 222 Å². The van der Waals surface area contributed by atoms with E-state index in [-0.39, 0.29) is 23.3 Å². The number of hydrogen-bond acceptors (Lipinski definition) is 5. The normalized spacial score (nSPS) is 11.5. The van der Waals surface area contributed by atoms with Crippen LogP contribution in [0, 0.1) is 10.1 Å². The first-order chi connectivity index (χ1) is 18.0. The summed E-state index contributed by atoms with van der Waals surface area (Å²) in [5.41, 5.74) is 2.88. The van der Waals surface area contributed by atoms with Crippen LogP contribution in [0.1, 0.15) is 36.5 Å². The highest BCUT2D eigenvalue weighted by Gasteiger charge is 2.30. The van der Waals surface area contributed by atoms with Crippen LogP contribution in [-0.4, -0.2) is 40.0 Å². The lowest BCUT2D eigenvalue weighted by atomic mass is 10.0. The van der Waals surface area contributed by atoms with Gasteiger partial charge < -0.3 is 10.2 Å². The largest absolute Gasteiger partial charge is 0.354 e. The number of benzene rings is 3. The number of thioether (sulfide) groups is 1. The molecule has 0 aliphatic heterocycles. The third kappa shape index (κ3) is 9.06. The average Bonchev–Trinajstić information content (AvgIpc) is 2.92. The Hall–Kier alpha value is -3.65. The highest BCUT2D eigenvalue weighted by atomic mass is 32.2. The number of amides is 2. The van der Waals surface area contributed by atoms with Crippen LogP contribution in [0.25, 0.3) is 0 Å². The lowest BCUT2D eigenvalue weighted by molar-refractivity contribution is -0.384. The van der Waals surface area contributed by atoms with Crippen LogP contribution in [0.4, 0.5) is 5.69 Å². The van der Waals surface area contributed by atoms with Gasteiger partial charge in [-0.2, -0.15) is 0 Å². The zero-order valence-electron chi connectivity index (χ0n) is 21.0. The molecule has 7 nitrogen and oxygen atoms in total. The summed E-state index contributed by atoms with van der Waals surface area (Å²) in [6, 6.07) is 25.1. The van der Waals surface area contributed by atoms with Gasteiger partial charge in [-0.3, -0.25) is 19.7 Å². The zero-order chi connectivity index (χ0) is 26.5. The van der Waals surface area contributed by atoms with Gasteiger partial charge in [0.2, 0.25) is 11.8 Å². The first-order valence-electron chi connectivity index (χ1n) is 12.4. The third-order valence-electron chi connectivity index (χ3n) is 5.94. The number of nitrogens with one attached hydrogen (secondary N) is 1. The highest BCUT2D eigenvalue weighted by molar-refractivity contribution is 7.99. The van der Waals surface area contributed by atoms with Crippen LogP contribution in [-0.2, 0) is 28.3 Å². The van der Waals surface area contributed by atoms with Crippen molar-refractivity contribution in [1.29, 1.82) is 0 Å². The Morgan fingerprint density at radius 3 is 2.14 bits per heavy atom. The molecule has 0 heterocycles. The zero-order valence-corrected chi connectivity index (χ0v) is 21.9. The molecule has 0 bridgehead atoms. The van der Waals surface area contributed by atoms with Gasteiger partial charge >= 0.3 is 0 Å². The molecule has 0 aliphatic rings. The molecule has 0 saturated carbocycles. The van der Waals surface area contributed by atoms with Crippen molar-refractivity contribution in [2.45, 2.75) is 44.5 Å². The number of carbonyl (C=O) groups excluding carboxylic acids is 2. The van der Waals surface area contributed by atoms with E-state index < -0.39 is 11.0 Å². The molecule has 2 amide bonds. The second-order valence-electron chi connectivity index (χ2n) is 8.77. The molecule has 1 atom stereocenters. The number of non-ortho nitro benzene ring substituents is 1. The SMILES string of the molecule is CCCCNC(=O)[C@@H](Cc1ccccc1)N(Cc1ccccc1)C(=O)CSCc1ccc([N+](=O)[O-])cc1. The maximum absolute atomic E-state index is 13.6.